The Morgan fingerprint density at radius 3 is 2.18 bits per heavy atom. The summed E-state index contributed by atoms with van der Waals surface area (Å²) in [5.74, 6) is -0.728. The zero-order valence-corrected chi connectivity index (χ0v) is 9.42. The fourth-order valence-corrected chi connectivity index (χ4v) is 1.46. The second-order valence-corrected chi connectivity index (χ2v) is 4.75. The van der Waals surface area contributed by atoms with Crippen LogP contribution in [0.4, 0.5) is 13.2 Å². The van der Waals surface area contributed by atoms with Crippen molar-refractivity contribution in [2.45, 2.75) is 18.3 Å². The van der Waals surface area contributed by atoms with Crippen molar-refractivity contribution in [2.75, 3.05) is 0 Å². The van der Waals surface area contributed by atoms with Crippen molar-refractivity contribution in [3.63, 3.8) is 0 Å². The average molecular weight is 270 g/mol. The zero-order chi connectivity index (χ0) is 13.3. The van der Waals surface area contributed by atoms with Crippen molar-refractivity contribution in [3.05, 3.63) is 30.1 Å². The highest BCUT2D eigenvalue weighted by molar-refractivity contribution is 7.86. The van der Waals surface area contributed by atoms with Gasteiger partial charge in [0, 0.05) is 0 Å². The quantitative estimate of drug-likeness (QED) is 0.851. The van der Waals surface area contributed by atoms with Gasteiger partial charge in [-0.2, -0.15) is 17.2 Å². The van der Waals surface area contributed by atoms with Crippen molar-refractivity contribution >= 4 is 10.1 Å². The Labute approximate surface area is 95.8 Å². The summed E-state index contributed by atoms with van der Waals surface area (Å²) in [4.78, 5) is 0. The third kappa shape index (κ3) is 3.10. The largest absolute Gasteiger partial charge is 0.483 e. The van der Waals surface area contributed by atoms with E-state index in [0.717, 1.165) is 31.2 Å². The first-order valence-electron chi connectivity index (χ1n) is 4.41. The molecule has 8 heteroatoms. The van der Waals surface area contributed by atoms with Crippen LogP contribution in [0.3, 0.4) is 0 Å². The number of rotatable bonds is 4. The van der Waals surface area contributed by atoms with Crippen LogP contribution in [0.1, 0.15) is 6.92 Å². The lowest BCUT2D eigenvalue weighted by Gasteiger charge is -2.21. The second-order valence-electron chi connectivity index (χ2n) is 3.25. The molecule has 1 unspecified atom stereocenters. The molecule has 0 radical (unpaired) electrons. The summed E-state index contributed by atoms with van der Waals surface area (Å²) in [6.45, 7) is 0.775. The molecule has 0 amide bonds. The van der Waals surface area contributed by atoms with Crippen LogP contribution >= 0.6 is 0 Å². The molecule has 96 valence electrons. The van der Waals surface area contributed by atoms with Crippen LogP contribution in [0.2, 0.25) is 0 Å². The first kappa shape index (κ1) is 13.8. The summed E-state index contributed by atoms with van der Waals surface area (Å²) in [5, 5.41) is -4.44. The number of hydrogen-bond donors (Lipinski definition) is 1. The van der Waals surface area contributed by atoms with E-state index < -0.39 is 27.3 Å². The van der Waals surface area contributed by atoms with Crippen LogP contribution in [-0.4, -0.2) is 24.3 Å². The van der Waals surface area contributed by atoms with E-state index in [-0.39, 0.29) is 5.75 Å². The Bertz CT molecular complexity index is 483. The zero-order valence-electron chi connectivity index (χ0n) is 8.60. The predicted molar refractivity (Wildman–Crippen MR) is 53.0 cm³/mol. The maximum atomic E-state index is 13.1. The minimum absolute atomic E-state index is 0.137. The van der Waals surface area contributed by atoms with Gasteiger partial charge in [0.2, 0.25) is 0 Å². The lowest BCUT2D eigenvalue weighted by Crippen LogP contribution is -2.42. The SMILES string of the molecule is CC(Oc1ccc(F)cc1)C(F)(F)S(=O)(=O)O. The molecule has 0 aliphatic carbocycles. The molecule has 0 spiro atoms. The first-order valence-corrected chi connectivity index (χ1v) is 5.85. The fraction of sp³-hybridized carbons (Fsp3) is 0.333. The van der Waals surface area contributed by atoms with Gasteiger partial charge in [-0.1, -0.05) is 0 Å². The minimum atomic E-state index is -5.56. The molecule has 0 saturated heterocycles. The number of hydrogen-bond acceptors (Lipinski definition) is 3. The number of ether oxygens (including phenoxy) is 1. The van der Waals surface area contributed by atoms with Crippen molar-refractivity contribution < 1.29 is 30.9 Å². The van der Waals surface area contributed by atoms with Gasteiger partial charge in [-0.25, -0.2) is 4.39 Å². The van der Waals surface area contributed by atoms with Crippen LogP contribution in [0.25, 0.3) is 0 Å². The van der Waals surface area contributed by atoms with E-state index in [4.69, 9.17) is 4.55 Å². The van der Waals surface area contributed by atoms with Crippen molar-refractivity contribution in [1.82, 2.24) is 0 Å². The molecule has 0 aromatic heterocycles. The van der Waals surface area contributed by atoms with E-state index in [1.54, 1.807) is 0 Å². The van der Waals surface area contributed by atoms with Crippen molar-refractivity contribution in [3.8, 4) is 5.75 Å². The molecule has 0 heterocycles. The maximum Gasteiger partial charge on any atom is 0.405 e. The van der Waals surface area contributed by atoms with Gasteiger partial charge in [0.05, 0.1) is 0 Å². The van der Waals surface area contributed by atoms with E-state index in [1.165, 1.54) is 0 Å². The molecular formula is C9H9F3O4S. The molecule has 17 heavy (non-hydrogen) atoms. The topological polar surface area (TPSA) is 63.6 Å². The summed E-state index contributed by atoms with van der Waals surface area (Å²) < 4.78 is 72.3. The highest BCUT2D eigenvalue weighted by Crippen LogP contribution is 2.28. The van der Waals surface area contributed by atoms with E-state index in [0.29, 0.717) is 0 Å². The maximum absolute atomic E-state index is 13.1. The smallest absolute Gasteiger partial charge is 0.405 e. The molecule has 0 aliphatic rings. The van der Waals surface area contributed by atoms with Gasteiger partial charge in [-0.15, -0.1) is 0 Å². The van der Waals surface area contributed by atoms with Crippen LogP contribution in [0.5, 0.6) is 5.75 Å². The van der Waals surface area contributed by atoms with E-state index >= 15 is 0 Å². The summed E-state index contributed by atoms with van der Waals surface area (Å²) in [5.41, 5.74) is 0. The molecule has 0 aliphatic heterocycles. The molecule has 1 atom stereocenters. The summed E-state index contributed by atoms with van der Waals surface area (Å²) in [6.07, 6.45) is -2.11. The molecule has 0 fully saturated rings. The lowest BCUT2D eigenvalue weighted by atomic mass is 10.3. The van der Waals surface area contributed by atoms with Gasteiger partial charge in [-0.05, 0) is 31.2 Å². The molecule has 1 aromatic carbocycles. The standard InChI is InChI=1S/C9H9F3O4S/c1-6(9(11,12)17(13,14)15)16-8-4-2-7(10)3-5-8/h2-6H,1H3,(H,13,14,15). The molecule has 1 N–H and O–H groups in total. The Morgan fingerprint density at radius 2 is 1.76 bits per heavy atom. The average Bonchev–Trinajstić information content (AvgIpc) is 2.19. The van der Waals surface area contributed by atoms with E-state index in [9.17, 15) is 21.6 Å². The van der Waals surface area contributed by atoms with Gasteiger partial charge in [-0.3, -0.25) is 4.55 Å². The molecule has 4 nitrogen and oxygen atoms in total. The number of alkyl halides is 2. The second kappa shape index (κ2) is 4.53. The first-order chi connectivity index (χ1) is 7.64. The third-order valence-electron chi connectivity index (χ3n) is 1.94. The van der Waals surface area contributed by atoms with Gasteiger partial charge in [0.25, 0.3) is 0 Å². The highest BCUT2D eigenvalue weighted by Gasteiger charge is 2.51. The Balaban J connectivity index is 2.86. The van der Waals surface area contributed by atoms with Gasteiger partial charge in [0.15, 0.2) is 6.10 Å². The Morgan fingerprint density at radius 1 is 1.29 bits per heavy atom. The monoisotopic (exact) mass is 270 g/mol. The summed E-state index contributed by atoms with van der Waals surface area (Å²) in [7, 11) is -5.56. The summed E-state index contributed by atoms with van der Waals surface area (Å²) in [6, 6.07) is 4.05. The molecule has 0 saturated carbocycles. The predicted octanol–water partition coefficient (Wildman–Crippen LogP) is 2.07. The number of halogens is 3. The third-order valence-corrected chi connectivity index (χ3v) is 2.96. The van der Waals surface area contributed by atoms with E-state index in [2.05, 4.69) is 4.74 Å². The van der Waals surface area contributed by atoms with E-state index in [1.807, 2.05) is 0 Å². The highest BCUT2D eigenvalue weighted by atomic mass is 32.2. The molecule has 1 rings (SSSR count). The van der Waals surface area contributed by atoms with Crippen molar-refractivity contribution in [1.29, 1.82) is 0 Å². The Hall–Kier alpha value is -1.28. The number of benzene rings is 1. The molecular weight excluding hydrogens is 261 g/mol. The van der Waals surface area contributed by atoms with Crippen molar-refractivity contribution in [2.24, 2.45) is 0 Å². The van der Waals surface area contributed by atoms with Crippen LogP contribution < -0.4 is 4.74 Å². The minimum Gasteiger partial charge on any atom is -0.483 e. The summed E-state index contributed by atoms with van der Waals surface area (Å²) >= 11 is 0. The normalized spacial score (nSPS) is 14.4. The lowest BCUT2D eigenvalue weighted by molar-refractivity contribution is -0.0236. The fourth-order valence-electron chi connectivity index (χ4n) is 0.996. The van der Waals surface area contributed by atoms with Gasteiger partial charge < -0.3 is 4.74 Å². The van der Waals surface area contributed by atoms with Crippen LogP contribution in [0, 0.1) is 5.82 Å². The van der Waals surface area contributed by atoms with Gasteiger partial charge in [0.1, 0.15) is 11.6 Å². The molecule has 0 bridgehead atoms. The van der Waals surface area contributed by atoms with Crippen LogP contribution in [0.15, 0.2) is 24.3 Å². The van der Waals surface area contributed by atoms with Crippen LogP contribution in [-0.2, 0) is 10.1 Å². The Kier molecular flexibility index (Phi) is 3.68. The molecule has 1 aromatic rings. The van der Waals surface area contributed by atoms with Gasteiger partial charge >= 0.3 is 15.4 Å².